The van der Waals surface area contributed by atoms with E-state index in [1.165, 1.54) is 6.42 Å². The van der Waals surface area contributed by atoms with E-state index in [2.05, 4.69) is 5.16 Å². The van der Waals surface area contributed by atoms with Crippen molar-refractivity contribution in [2.45, 2.75) is 49.7 Å². The highest BCUT2D eigenvalue weighted by atomic mass is 16.7. The number of para-hydroxylation sites is 1. The number of benzene rings is 2. The first-order valence-corrected chi connectivity index (χ1v) is 9.37. The molecule has 2 aromatic rings. The monoisotopic (exact) mass is 347 g/mol. The molecule has 26 heavy (non-hydrogen) atoms. The fraction of sp³-hybridized carbons (Fsp3) is 0.364. The van der Waals surface area contributed by atoms with E-state index >= 15 is 0 Å². The van der Waals surface area contributed by atoms with E-state index in [9.17, 15) is 4.79 Å². The van der Waals surface area contributed by atoms with Crippen molar-refractivity contribution in [3.05, 3.63) is 65.7 Å². The number of Topliss-reactive ketones (excluding diaryl/α,β-unsaturated/α-hetero) is 1. The van der Waals surface area contributed by atoms with Gasteiger partial charge >= 0.3 is 0 Å². The van der Waals surface area contributed by atoms with Gasteiger partial charge in [-0.3, -0.25) is 4.79 Å². The van der Waals surface area contributed by atoms with E-state index < -0.39 is 11.2 Å². The summed E-state index contributed by atoms with van der Waals surface area (Å²) in [6.07, 6.45) is 5.37. The van der Waals surface area contributed by atoms with Gasteiger partial charge in [-0.2, -0.15) is 0 Å². The van der Waals surface area contributed by atoms with Gasteiger partial charge in [0.25, 0.3) is 0 Å². The summed E-state index contributed by atoms with van der Waals surface area (Å²) in [5.41, 5.74) is 0.756. The third-order valence-corrected chi connectivity index (χ3v) is 6.04. The van der Waals surface area contributed by atoms with Crippen LogP contribution in [0.2, 0.25) is 0 Å². The number of rotatable bonds is 1. The predicted octanol–water partition coefficient (Wildman–Crippen LogP) is 4.53. The summed E-state index contributed by atoms with van der Waals surface area (Å²) in [5, 5.41) is 4.37. The fourth-order valence-electron chi connectivity index (χ4n) is 4.67. The molecule has 1 fully saturated rings. The summed E-state index contributed by atoms with van der Waals surface area (Å²) in [6.45, 7) is 0. The standard InChI is InChI=1S/C22H21NO3/c24-20-17-11-5-6-12-19(17)25-21(13-7-2-8-14-21)22(20)15-18(23-26-22)16-9-3-1-4-10-16/h1,3-6,9-12H,2,7-8,13-15H2. The summed E-state index contributed by atoms with van der Waals surface area (Å²) in [5.74, 6) is 0.692. The lowest BCUT2D eigenvalue weighted by atomic mass is 9.65. The van der Waals surface area contributed by atoms with Gasteiger partial charge in [0.1, 0.15) is 5.75 Å². The molecule has 0 aromatic heterocycles. The van der Waals surface area contributed by atoms with Gasteiger partial charge in [-0.1, -0.05) is 54.0 Å². The van der Waals surface area contributed by atoms with Gasteiger partial charge in [-0.15, -0.1) is 0 Å². The quantitative estimate of drug-likeness (QED) is 0.761. The highest BCUT2D eigenvalue weighted by Crippen LogP contribution is 2.52. The SMILES string of the molecule is O=C1c2ccccc2OC2(CCCCC2)C12CC(c1ccccc1)=NO2. The first-order valence-electron chi connectivity index (χ1n) is 9.37. The number of hydrogen-bond donors (Lipinski definition) is 0. The van der Waals surface area contributed by atoms with Crippen LogP contribution in [0.25, 0.3) is 0 Å². The van der Waals surface area contributed by atoms with Gasteiger partial charge in [0.05, 0.1) is 11.3 Å². The first kappa shape index (κ1) is 15.6. The number of nitrogens with zero attached hydrogens (tertiary/aromatic N) is 1. The van der Waals surface area contributed by atoms with Crippen LogP contribution < -0.4 is 4.74 Å². The third kappa shape index (κ3) is 2.08. The van der Waals surface area contributed by atoms with Crippen LogP contribution in [-0.2, 0) is 4.84 Å². The van der Waals surface area contributed by atoms with Crippen LogP contribution in [0.3, 0.4) is 0 Å². The molecule has 1 unspecified atom stereocenters. The average Bonchev–Trinajstić information content (AvgIpc) is 3.15. The Morgan fingerprint density at radius 1 is 0.885 bits per heavy atom. The zero-order chi connectivity index (χ0) is 17.6. The minimum absolute atomic E-state index is 0.0101. The molecular formula is C22H21NO3. The summed E-state index contributed by atoms with van der Waals surface area (Å²) in [7, 11) is 0. The second kappa shape index (κ2) is 5.70. The molecule has 4 nitrogen and oxygen atoms in total. The third-order valence-electron chi connectivity index (χ3n) is 6.04. The van der Waals surface area contributed by atoms with Crippen LogP contribution in [0.5, 0.6) is 5.75 Å². The molecule has 4 heteroatoms. The van der Waals surface area contributed by atoms with E-state index in [4.69, 9.17) is 9.57 Å². The van der Waals surface area contributed by atoms with Gasteiger partial charge < -0.3 is 9.57 Å². The van der Waals surface area contributed by atoms with Crippen molar-refractivity contribution in [1.82, 2.24) is 0 Å². The fourth-order valence-corrected chi connectivity index (χ4v) is 4.67. The zero-order valence-corrected chi connectivity index (χ0v) is 14.6. The Morgan fingerprint density at radius 3 is 2.42 bits per heavy atom. The molecule has 2 spiro atoms. The Morgan fingerprint density at radius 2 is 1.62 bits per heavy atom. The van der Waals surface area contributed by atoms with Crippen LogP contribution in [0.4, 0.5) is 0 Å². The minimum Gasteiger partial charge on any atom is -0.482 e. The van der Waals surface area contributed by atoms with Gasteiger partial charge in [-0.25, -0.2) is 0 Å². The number of hydrogen-bond acceptors (Lipinski definition) is 4. The van der Waals surface area contributed by atoms with Crippen LogP contribution >= 0.6 is 0 Å². The Bertz CT molecular complexity index is 883. The Labute approximate surface area is 152 Å². The predicted molar refractivity (Wildman–Crippen MR) is 98.6 cm³/mol. The average molecular weight is 347 g/mol. The molecular weight excluding hydrogens is 326 g/mol. The maximum Gasteiger partial charge on any atom is 0.244 e. The number of fused-ring (bicyclic) bond motifs is 2. The summed E-state index contributed by atoms with van der Waals surface area (Å²) >= 11 is 0. The molecule has 2 aromatic carbocycles. The number of carbonyl (C=O) groups excluding carboxylic acids is 1. The second-order valence-electron chi connectivity index (χ2n) is 7.48. The smallest absolute Gasteiger partial charge is 0.244 e. The lowest BCUT2D eigenvalue weighted by molar-refractivity contribution is -0.150. The summed E-state index contributed by atoms with van der Waals surface area (Å²) in [6, 6.07) is 17.5. The van der Waals surface area contributed by atoms with E-state index in [0.29, 0.717) is 17.7 Å². The Hall–Kier alpha value is -2.62. The molecule has 0 amide bonds. The highest BCUT2D eigenvalue weighted by Gasteiger charge is 2.66. The molecule has 5 rings (SSSR count). The van der Waals surface area contributed by atoms with E-state index in [1.54, 1.807) is 0 Å². The van der Waals surface area contributed by atoms with Crippen LogP contribution in [0, 0.1) is 0 Å². The first-order chi connectivity index (χ1) is 12.7. The topological polar surface area (TPSA) is 47.9 Å². The zero-order valence-electron chi connectivity index (χ0n) is 14.6. The molecule has 2 heterocycles. The number of oxime groups is 1. The lowest BCUT2D eigenvalue weighted by Gasteiger charge is -2.50. The van der Waals surface area contributed by atoms with Crippen LogP contribution in [-0.4, -0.2) is 22.7 Å². The maximum absolute atomic E-state index is 13.6. The summed E-state index contributed by atoms with van der Waals surface area (Å²) in [4.78, 5) is 19.6. The van der Waals surface area contributed by atoms with Crippen molar-refractivity contribution in [1.29, 1.82) is 0 Å². The van der Waals surface area contributed by atoms with E-state index in [1.807, 2.05) is 54.6 Å². The normalized spacial score (nSPS) is 26.2. The molecule has 0 saturated heterocycles. The Balaban J connectivity index is 1.61. The second-order valence-corrected chi connectivity index (χ2v) is 7.48. The number of carbonyl (C=O) groups is 1. The van der Waals surface area contributed by atoms with E-state index in [-0.39, 0.29) is 5.78 Å². The van der Waals surface area contributed by atoms with Gasteiger partial charge in [0.15, 0.2) is 5.60 Å². The van der Waals surface area contributed by atoms with Crippen LogP contribution in [0.15, 0.2) is 59.8 Å². The van der Waals surface area contributed by atoms with Crippen LogP contribution in [0.1, 0.15) is 54.4 Å². The molecule has 1 saturated carbocycles. The number of ketones is 1. The van der Waals surface area contributed by atoms with Gasteiger partial charge in [0.2, 0.25) is 11.4 Å². The molecule has 0 bridgehead atoms. The Kier molecular flexibility index (Phi) is 3.42. The molecule has 3 aliphatic rings. The summed E-state index contributed by atoms with van der Waals surface area (Å²) < 4.78 is 6.53. The molecule has 0 N–H and O–H groups in total. The molecule has 1 aliphatic carbocycles. The van der Waals surface area contributed by atoms with Crippen molar-refractivity contribution in [3.63, 3.8) is 0 Å². The van der Waals surface area contributed by atoms with E-state index in [0.717, 1.165) is 37.0 Å². The maximum atomic E-state index is 13.6. The lowest BCUT2D eigenvalue weighted by Crippen LogP contribution is -2.65. The molecule has 2 aliphatic heterocycles. The molecule has 0 radical (unpaired) electrons. The minimum atomic E-state index is -1.05. The highest BCUT2D eigenvalue weighted by molar-refractivity contribution is 6.12. The molecule has 1 atom stereocenters. The van der Waals surface area contributed by atoms with Crippen molar-refractivity contribution in [3.8, 4) is 5.75 Å². The molecule has 132 valence electrons. The van der Waals surface area contributed by atoms with Crippen molar-refractivity contribution >= 4 is 11.5 Å². The van der Waals surface area contributed by atoms with Crippen molar-refractivity contribution in [2.24, 2.45) is 5.16 Å². The number of ether oxygens (including phenoxy) is 1. The van der Waals surface area contributed by atoms with Gasteiger partial charge in [0, 0.05) is 6.42 Å². The van der Waals surface area contributed by atoms with Crippen molar-refractivity contribution in [2.75, 3.05) is 0 Å². The van der Waals surface area contributed by atoms with Crippen molar-refractivity contribution < 1.29 is 14.4 Å². The van der Waals surface area contributed by atoms with Gasteiger partial charge in [-0.05, 0) is 43.4 Å². The largest absolute Gasteiger partial charge is 0.482 e.